The minimum absolute atomic E-state index is 0.0466. The van der Waals surface area contributed by atoms with E-state index in [0.29, 0.717) is 17.5 Å². The molecule has 0 bridgehead atoms. The Morgan fingerprint density at radius 3 is 2.94 bits per heavy atom. The predicted molar refractivity (Wildman–Crippen MR) is 69.7 cm³/mol. The zero-order valence-electron chi connectivity index (χ0n) is 9.41. The second kappa shape index (κ2) is 4.62. The minimum Gasteiger partial charge on any atom is -0.294 e. The summed E-state index contributed by atoms with van der Waals surface area (Å²) in [5, 5.41) is 0. The summed E-state index contributed by atoms with van der Waals surface area (Å²) in [6.07, 6.45) is 5.31. The summed E-state index contributed by atoms with van der Waals surface area (Å²) in [5.41, 5.74) is 3.75. The molecule has 1 aromatic carbocycles. The Kier molecular flexibility index (Phi) is 2.82. The molecule has 0 radical (unpaired) electrons. The first-order valence-electron chi connectivity index (χ1n) is 5.45. The molecule has 0 atom stereocenters. The lowest BCUT2D eigenvalue weighted by Crippen LogP contribution is -2.04. The lowest BCUT2D eigenvalue weighted by molar-refractivity contribution is 0.0995. The summed E-state index contributed by atoms with van der Waals surface area (Å²) in [4.78, 5) is 25.6. The van der Waals surface area contributed by atoms with Gasteiger partial charge in [-0.3, -0.25) is 19.7 Å². The van der Waals surface area contributed by atoms with Crippen molar-refractivity contribution >= 4 is 28.2 Å². The Morgan fingerprint density at radius 1 is 1.22 bits per heavy atom. The second-order valence-electron chi connectivity index (χ2n) is 3.80. The molecule has 5 heteroatoms. The maximum atomic E-state index is 12.2. The first-order valence-corrected chi connectivity index (χ1v) is 6.33. The van der Waals surface area contributed by atoms with Crippen LogP contribution in [0.25, 0.3) is 11.0 Å². The molecule has 3 aromatic rings. The number of para-hydroxylation sites is 1. The van der Waals surface area contributed by atoms with E-state index in [9.17, 15) is 4.79 Å². The van der Waals surface area contributed by atoms with E-state index in [2.05, 4.69) is 15.0 Å². The number of hydrogen-bond acceptors (Lipinski definition) is 5. The van der Waals surface area contributed by atoms with Gasteiger partial charge in [-0.05, 0) is 12.1 Å². The zero-order chi connectivity index (χ0) is 12.4. The van der Waals surface area contributed by atoms with Crippen molar-refractivity contribution in [3.63, 3.8) is 0 Å². The molecule has 2 aromatic heterocycles. The van der Waals surface area contributed by atoms with Crippen LogP contribution in [0, 0.1) is 0 Å². The molecule has 18 heavy (non-hydrogen) atoms. The molecule has 88 valence electrons. The van der Waals surface area contributed by atoms with Crippen LogP contribution in [0.3, 0.4) is 0 Å². The van der Waals surface area contributed by atoms with Gasteiger partial charge in [0.05, 0.1) is 16.5 Å². The van der Waals surface area contributed by atoms with Crippen molar-refractivity contribution in [1.82, 2.24) is 15.0 Å². The molecule has 0 amide bonds. The molecule has 0 saturated heterocycles. The van der Waals surface area contributed by atoms with Crippen LogP contribution in [0.2, 0.25) is 0 Å². The third-order valence-electron chi connectivity index (χ3n) is 2.62. The van der Waals surface area contributed by atoms with Crippen LogP contribution in [-0.2, 0) is 6.42 Å². The molecular weight excluding hydrogens is 246 g/mol. The smallest absolute Gasteiger partial charge is 0.170 e. The summed E-state index contributed by atoms with van der Waals surface area (Å²) < 4.78 is 0. The van der Waals surface area contributed by atoms with Crippen molar-refractivity contribution in [3.8, 4) is 0 Å². The van der Waals surface area contributed by atoms with Gasteiger partial charge in [-0.15, -0.1) is 11.3 Å². The van der Waals surface area contributed by atoms with E-state index in [1.807, 2.05) is 12.1 Å². The Hall–Kier alpha value is -2.14. The molecule has 0 N–H and O–H groups in total. The van der Waals surface area contributed by atoms with E-state index in [0.717, 1.165) is 10.4 Å². The number of aromatic nitrogens is 3. The Bertz CT molecular complexity index is 689. The number of nitrogens with zero attached hydrogens (tertiary/aromatic N) is 3. The van der Waals surface area contributed by atoms with Crippen molar-refractivity contribution in [2.24, 2.45) is 0 Å². The van der Waals surface area contributed by atoms with Crippen molar-refractivity contribution in [2.45, 2.75) is 6.42 Å². The first-order chi connectivity index (χ1) is 8.84. The third-order valence-corrected chi connectivity index (χ3v) is 3.40. The van der Waals surface area contributed by atoms with Crippen LogP contribution >= 0.6 is 11.3 Å². The van der Waals surface area contributed by atoms with Gasteiger partial charge < -0.3 is 0 Å². The fourth-order valence-electron chi connectivity index (χ4n) is 1.80. The van der Waals surface area contributed by atoms with Crippen LogP contribution in [0.1, 0.15) is 15.2 Å². The van der Waals surface area contributed by atoms with E-state index in [1.165, 1.54) is 11.3 Å². The van der Waals surface area contributed by atoms with Crippen LogP contribution in [-0.4, -0.2) is 20.7 Å². The van der Waals surface area contributed by atoms with Gasteiger partial charge in [0.2, 0.25) is 0 Å². The van der Waals surface area contributed by atoms with Gasteiger partial charge in [-0.2, -0.15) is 0 Å². The molecule has 0 fully saturated rings. The largest absolute Gasteiger partial charge is 0.294 e. The maximum absolute atomic E-state index is 12.2. The Labute approximate surface area is 107 Å². The number of ketones is 1. The number of thiazole rings is 1. The van der Waals surface area contributed by atoms with Crippen molar-refractivity contribution in [2.75, 3.05) is 0 Å². The molecule has 0 spiro atoms. The van der Waals surface area contributed by atoms with Gasteiger partial charge in [0, 0.05) is 35.5 Å². The number of carbonyl (C=O) groups excluding carboxylic acids is 1. The summed E-state index contributed by atoms with van der Waals surface area (Å²) in [6.45, 7) is 0. The van der Waals surface area contributed by atoms with Gasteiger partial charge in [-0.25, -0.2) is 0 Å². The molecule has 0 unspecified atom stereocenters. The van der Waals surface area contributed by atoms with Gasteiger partial charge in [-0.1, -0.05) is 6.07 Å². The summed E-state index contributed by atoms with van der Waals surface area (Å²) >= 11 is 1.48. The highest BCUT2D eigenvalue weighted by molar-refractivity contribution is 7.09. The van der Waals surface area contributed by atoms with Crippen LogP contribution in [0.5, 0.6) is 0 Å². The lowest BCUT2D eigenvalue weighted by atomic mass is 10.1. The van der Waals surface area contributed by atoms with Gasteiger partial charge in [0.15, 0.2) is 5.78 Å². The van der Waals surface area contributed by atoms with Crippen molar-refractivity contribution in [1.29, 1.82) is 0 Å². The maximum Gasteiger partial charge on any atom is 0.170 e. The number of benzene rings is 1. The fourth-order valence-corrected chi connectivity index (χ4v) is 2.39. The summed E-state index contributed by atoms with van der Waals surface area (Å²) in [5.74, 6) is 0.0466. The molecule has 0 aliphatic heterocycles. The van der Waals surface area contributed by atoms with Crippen LogP contribution in [0.15, 0.2) is 42.3 Å². The van der Waals surface area contributed by atoms with E-state index < -0.39 is 0 Å². The first kappa shape index (κ1) is 11.0. The zero-order valence-corrected chi connectivity index (χ0v) is 10.2. The second-order valence-corrected chi connectivity index (χ2v) is 4.77. The summed E-state index contributed by atoms with van der Waals surface area (Å²) in [6, 6.07) is 5.48. The quantitative estimate of drug-likeness (QED) is 0.675. The normalized spacial score (nSPS) is 10.7. The van der Waals surface area contributed by atoms with Crippen LogP contribution < -0.4 is 0 Å². The minimum atomic E-state index is 0.0466. The SMILES string of the molecule is O=C(Cc1cncs1)c1cccc2nccnc12. The molecule has 2 heterocycles. The van der Waals surface area contributed by atoms with Gasteiger partial charge >= 0.3 is 0 Å². The molecule has 3 rings (SSSR count). The van der Waals surface area contributed by atoms with E-state index >= 15 is 0 Å². The van der Waals surface area contributed by atoms with Crippen LogP contribution in [0.4, 0.5) is 0 Å². The average Bonchev–Trinajstić information content (AvgIpc) is 2.91. The van der Waals surface area contributed by atoms with Gasteiger partial charge in [0.25, 0.3) is 0 Å². The van der Waals surface area contributed by atoms with E-state index in [4.69, 9.17) is 0 Å². The van der Waals surface area contributed by atoms with Crippen molar-refractivity contribution < 1.29 is 4.79 Å². The van der Waals surface area contributed by atoms with Gasteiger partial charge in [0.1, 0.15) is 0 Å². The highest BCUT2D eigenvalue weighted by atomic mass is 32.1. The molecule has 0 saturated carbocycles. The van der Waals surface area contributed by atoms with E-state index in [-0.39, 0.29) is 5.78 Å². The standard InChI is InChI=1S/C13H9N3OS/c17-12(6-9-7-14-8-18-9)10-2-1-3-11-13(10)16-5-4-15-11/h1-5,7-8H,6H2. The highest BCUT2D eigenvalue weighted by Crippen LogP contribution is 2.17. The number of fused-ring (bicyclic) bond motifs is 1. The number of rotatable bonds is 3. The molecule has 4 nitrogen and oxygen atoms in total. The Balaban J connectivity index is 2.01. The predicted octanol–water partition coefficient (Wildman–Crippen LogP) is 2.51. The number of hydrogen-bond donors (Lipinski definition) is 0. The summed E-state index contributed by atoms with van der Waals surface area (Å²) in [7, 11) is 0. The fraction of sp³-hybridized carbons (Fsp3) is 0.0769. The average molecular weight is 255 g/mol. The van der Waals surface area contributed by atoms with E-state index in [1.54, 1.807) is 30.2 Å². The van der Waals surface area contributed by atoms with Crippen molar-refractivity contribution in [3.05, 3.63) is 52.7 Å². The third kappa shape index (κ3) is 2.00. The topological polar surface area (TPSA) is 55.7 Å². The number of carbonyl (C=O) groups is 1. The molecule has 0 aliphatic rings. The number of Topliss-reactive ketones (excluding diaryl/α,β-unsaturated/α-hetero) is 1. The monoisotopic (exact) mass is 255 g/mol. The highest BCUT2D eigenvalue weighted by Gasteiger charge is 2.12. The lowest BCUT2D eigenvalue weighted by Gasteiger charge is -2.02. The molecular formula is C13H9N3OS. The molecule has 0 aliphatic carbocycles. The Morgan fingerprint density at radius 2 is 2.11 bits per heavy atom.